The lowest BCUT2D eigenvalue weighted by Crippen LogP contribution is -2.31. The van der Waals surface area contributed by atoms with Gasteiger partial charge in [0.15, 0.2) is 0 Å². The molecule has 3 heteroatoms. The lowest BCUT2D eigenvalue weighted by atomic mass is 10.0. The fourth-order valence-corrected chi connectivity index (χ4v) is 3.23. The standard InChI is InChI=1S/C18H22N2O/c19-16-9-8-15(12-16)18(21)20-11-10-14-6-3-5-13-4-1-2-7-17(13)14/h1-7,15-16H,8-12,19H2,(H,20,21). The summed E-state index contributed by atoms with van der Waals surface area (Å²) in [6.45, 7) is 0.693. The van der Waals surface area contributed by atoms with Crippen molar-refractivity contribution in [1.82, 2.24) is 5.32 Å². The summed E-state index contributed by atoms with van der Waals surface area (Å²) in [6, 6.07) is 14.9. The van der Waals surface area contributed by atoms with Crippen LogP contribution < -0.4 is 11.1 Å². The van der Waals surface area contributed by atoms with Gasteiger partial charge in [-0.05, 0) is 42.0 Å². The van der Waals surface area contributed by atoms with Crippen LogP contribution in [0.3, 0.4) is 0 Å². The number of rotatable bonds is 4. The minimum absolute atomic E-state index is 0.118. The summed E-state index contributed by atoms with van der Waals surface area (Å²) in [7, 11) is 0. The van der Waals surface area contributed by atoms with Gasteiger partial charge in [-0.1, -0.05) is 42.5 Å². The Morgan fingerprint density at radius 1 is 1.14 bits per heavy atom. The van der Waals surface area contributed by atoms with Crippen molar-refractivity contribution in [2.45, 2.75) is 31.7 Å². The van der Waals surface area contributed by atoms with E-state index in [1.807, 2.05) is 0 Å². The molecule has 0 spiro atoms. The van der Waals surface area contributed by atoms with Gasteiger partial charge in [-0.3, -0.25) is 4.79 Å². The molecule has 3 nitrogen and oxygen atoms in total. The number of nitrogens with two attached hydrogens (primary N) is 1. The summed E-state index contributed by atoms with van der Waals surface area (Å²) >= 11 is 0. The van der Waals surface area contributed by atoms with E-state index in [-0.39, 0.29) is 17.9 Å². The number of hydrogen-bond donors (Lipinski definition) is 2. The van der Waals surface area contributed by atoms with Gasteiger partial charge in [-0.2, -0.15) is 0 Å². The van der Waals surface area contributed by atoms with Gasteiger partial charge >= 0.3 is 0 Å². The molecular weight excluding hydrogens is 260 g/mol. The highest BCUT2D eigenvalue weighted by Gasteiger charge is 2.27. The first-order chi connectivity index (χ1) is 10.2. The van der Waals surface area contributed by atoms with Crippen LogP contribution in [0.25, 0.3) is 10.8 Å². The molecule has 110 valence electrons. The van der Waals surface area contributed by atoms with Gasteiger partial charge in [0.1, 0.15) is 0 Å². The molecule has 0 heterocycles. The van der Waals surface area contributed by atoms with Crippen molar-refractivity contribution < 1.29 is 4.79 Å². The van der Waals surface area contributed by atoms with Gasteiger partial charge < -0.3 is 11.1 Å². The van der Waals surface area contributed by atoms with E-state index in [9.17, 15) is 4.79 Å². The van der Waals surface area contributed by atoms with Crippen molar-refractivity contribution in [3.05, 3.63) is 48.0 Å². The molecular formula is C18H22N2O. The first kappa shape index (κ1) is 14.1. The number of carbonyl (C=O) groups excluding carboxylic acids is 1. The molecule has 0 aliphatic heterocycles. The first-order valence-electron chi connectivity index (χ1n) is 7.74. The average molecular weight is 282 g/mol. The molecule has 1 aliphatic carbocycles. The van der Waals surface area contributed by atoms with E-state index in [0.29, 0.717) is 6.54 Å². The Labute approximate surface area is 125 Å². The number of hydrogen-bond acceptors (Lipinski definition) is 2. The van der Waals surface area contributed by atoms with Crippen molar-refractivity contribution in [1.29, 1.82) is 0 Å². The van der Waals surface area contributed by atoms with Gasteiger partial charge in [0.2, 0.25) is 5.91 Å². The molecule has 1 amide bonds. The largest absolute Gasteiger partial charge is 0.356 e. The third-order valence-corrected chi connectivity index (χ3v) is 4.42. The lowest BCUT2D eigenvalue weighted by molar-refractivity contribution is -0.124. The van der Waals surface area contributed by atoms with Crippen LogP contribution in [0.1, 0.15) is 24.8 Å². The van der Waals surface area contributed by atoms with E-state index >= 15 is 0 Å². The van der Waals surface area contributed by atoms with Crippen LogP contribution in [0.15, 0.2) is 42.5 Å². The maximum Gasteiger partial charge on any atom is 0.223 e. The van der Waals surface area contributed by atoms with Gasteiger partial charge in [-0.15, -0.1) is 0 Å². The normalized spacial score (nSPS) is 21.6. The third kappa shape index (κ3) is 3.24. The molecule has 21 heavy (non-hydrogen) atoms. The van der Waals surface area contributed by atoms with Crippen molar-refractivity contribution in [2.24, 2.45) is 11.7 Å². The molecule has 0 saturated heterocycles. The van der Waals surface area contributed by atoms with E-state index in [1.165, 1.54) is 16.3 Å². The molecule has 0 radical (unpaired) electrons. The third-order valence-electron chi connectivity index (χ3n) is 4.42. The minimum atomic E-state index is 0.118. The Morgan fingerprint density at radius 3 is 2.76 bits per heavy atom. The maximum atomic E-state index is 12.1. The van der Waals surface area contributed by atoms with Crippen molar-refractivity contribution in [3.8, 4) is 0 Å². The highest BCUT2D eigenvalue weighted by atomic mass is 16.1. The molecule has 0 bridgehead atoms. The molecule has 0 aromatic heterocycles. The van der Waals surface area contributed by atoms with Crippen LogP contribution in [0.5, 0.6) is 0 Å². The van der Waals surface area contributed by atoms with Crippen molar-refractivity contribution in [3.63, 3.8) is 0 Å². The van der Waals surface area contributed by atoms with Gasteiger partial charge in [0, 0.05) is 18.5 Å². The van der Waals surface area contributed by atoms with Gasteiger partial charge in [0.05, 0.1) is 0 Å². The summed E-state index contributed by atoms with van der Waals surface area (Å²) in [6.07, 6.45) is 3.61. The summed E-state index contributed by atoms with van der Waals surface area (Å²) in [5, 5.41) is 5.59. The van der Waals surface area contributed by atoms with Gasteiger partial charge in [-0.25, -0.2) is 0 Å². The van der Waals surface area contributed by atoms with Crippen LogP contribution >= 0.6 is 0 Å². The van der Waals surface area contributed by atoms with E-state index in [1.54, 1.807) is 0 Å². The van der Waals surface area contributed by atoms with E-state index in [0.717, 1.165) is 25.7 Å². The Kier molecular flexibility index (Phi) is 4.20. The maximum absolute atomic E-state index is 12.1. The predicted octanol–water partition coefficient (Wildman–Crippen LogP) is 2.63. The molecule has 2 aromatic carbocycles. The predicted molar refractivity (Wildman–Crippen MR) is 86.0 cm³/mol. The number of nitrogens with one attached hydrogen (secondary N) is 1. The fourth-order valence-electron chi connectivity index (χ4n) is 3.23. The monoisotopic (exact) mass is 282 g/mol. The molecule has 3 N–H and O–H groups in total. The summed E-state index contributed by atoms with van der Waals surface area (Å²) in [4.78, 5) is 12.1. The highest BCUT2D eigenvalue weighted by Crippen LogP contribution is 2.24. The summed E-state index contributed by atoms with van der Waals surface area (Å²) < 4.78 is 0. The Morgan fingerprint density at radius 2 is 1.95 bits per heavy atom. The second-order valence-corrected chi connectivity index (χ2v) is 5.95. The van der Waals surface area contributed by atoms with Gasteiger partial charge in [0.25, 0.3) is 0 Å². The zero-order chi connectivity index (χ0) is 14.7. The zero-order valence-corrected chi connectivity index (χ0v) is 12.2. The van der Waals surface area contributed by atoms with Crippen LogP contribution in [0.4, 0.5) is 0 Å². The van der Waals surface area contributed by atoms with Crippen LogP contribution in [0, 0.1) is 5.92 Å². The number of benzene rings is 2. The van der Waals surface area contributed by atoms with Crippen LogP contribution in [-0.2, 0) is 11.2 Å². The van der Waals surface area contributed by atoms with Crippen LogP contribution in [0.2, 0.25) is 0 Å². The van der Waals surface area contributed by atoms with E-state index in [4.69, 9.17) is 5.73 Å². The van der Waals surface area contributed by atoms with E-state index < -0.39 is 0 Å². The second-order valence-electron chi connectivity index (χ2n) is 5.95. The first-order valence-corrected chi connectivity index (χ1v) is 7.74. The Bertz CT molecular complexity index is 633. The molecule has 1 aliphatic rings. The average Bonchev–Trinajstić information content (AvgIpc) is 2.94. The highest BCUT2D eigenvalue weighted by molar-refractivity contribution is 5.85. The quantitative estimate of drug-likeness (QED) is 0.905. The minimum Gasteiger partial charge on any atom is -0.356 e. The Hall–Kier alpha value is -1.87. The van der Waals surface area contributed by atoms with Crippen molar-refractivity contribution >= 4 is 16.7 Å². The smallest absolute Gasteiger partial charge is 0.223 e. The van der Waals surface area contributed by atoms with Crippen LogP contribution in [-0.4, -0.2) is 18.5 Å². The van der Waals surface area contributed by atoms with E-state index in [2.05, 4.69) is 47.8 Å². The molecule has 3 rings (SSSR count). The fraction of sp³-hybridized carbons (Fsp3) is 0.389. The second kappa shape index (κ2) is 6.27. The number of amides is 1. The molecule has 1 saturated carbocycles. The molecule has 2 unspecified atom stereocenters. The van der Waals surface area contributed by atoms with Crippen molar-refractivity contribution in [2.75, 3.05) is 6.54 Å². The zero-order valence-electron chi connectivity index (χ0n) is 12.2. The summed E-state index contributed by atoms with van der Waals surface area (Å²) in [5.41, 5.74) is 7.15. The number of carbonyl (C=O) groups is 1. The molecule has 1 fully saturated rings. The number of fused-ring (bicyclic) bond motifs is 1. The summed E-state index contributed by atoms with van der Waals surface area (Å²) in [5.74, 6) is 0.288. The molecule has 2 atom stereocenters. The topological polar surface area (TPSA) is 55.1 Å². The molecule has 2 aromatic rings. The SMILES string of the molecule is NC1CCC(C(=O)NCCc2cccc3ccccc23)C1. The lowest BCUT2D eigenvalue weighted by Gasteiger charge is -2.11. The Balaban J connectivity index is 1.58.